The summed E-state index contributed by atoms with van der Waals surface area (Å²) in [7, 11) is 0. The zero-order valence-corrected chi connectivity index (χ0v) is 11.5. The molecule has 2 heterocycles. The Labute approximate surface area is 121 Å². The molecule has 0 fully saturated rings. The molecule has 21 heavy (non-hydrogen) atoms. The first-order valence-electron chi connectivity index (χ1n) is 6.64. The van der Waals surface area contributed by atoms with E-state index in [9.17, 15) is 9.18 Å². The van der Waals surface area contributed by atoms with E-state index < -0.39 is 5.82 Å². The van der Waals surface area contributed by atoms with Gasteiger partial charge in [-0.3, -0.25) is 4.79 Å². The van der Waals surface area contributed by atoms with E-state index in [-0.39, 0.29) is 18.6 Å². The number of hydrogen-bond acceptors (Lipinski definition) is 4. The van der Waals surface area contributed by atoms with Gasteiger partial charge in [-0.1, -0.05) is 0 Å². The number of hydrogen-bond donors (Lipinski definition) is 1. The predicted octanol–water partition coefficient (Wildman–Crippen LogP) is 2.31. The maximum Gasteiger partial charge on any atom is 0.261 e. The fourth-order valence-corrected chi connectivity index (χ4v) is 2.36. The summed E-state index contributed by atoms with van der Waals surface area (Å²) < 4.78 is 24.1. The van der Waals surface area contributed by atoms with Crippen LogP contribution in [0.2, 0.25) is 0 Å². The minimum atomic E-state index is -0.399. The van der Waals surface area contributed by atoms with Crippen LogP contribution >= 0.6 is 0 Å². The number of nitrogens with two attached hydrogens (primary N) is 1. The molecule has 0 spiro atoms. The van der Waals surface area contributed by atoms with Gasteiger partial charge >= 0.3 is 0 Å². The molecule has 0 saturated carbocycles. The third-order valence-corrected chi connectivity index (χ3v) is 3.33. The van der Waals surface area contributed by atoms with Crippen LogP contribution in [-0.4, -0.2) is 18.6 Å². The quantitative estimate of drug-likeness (QED) is 0.921. The van der Waals surface area contributed by atoms with Crippen molar-refractivity contribution in [2.45, 2.75) is 19.6 Å². The number of anilines is 1. The second-order valence-electron chi connectivity index (χ2n) is 4.96. The Morgan fingerprint density at radius 3 is 3.00 bits per heavy atom. The first-order chi connectivity index (χ1) is 10.1. The van der Waals surface area contributed by atoms with E-state index in [0.29, 0.717) is 29.3 Å². The van der Waals surface area contributed by atoms with Crippen molar-refractivity contribution >= 4 is 11.6 Å². The number of furan rings is 1. The lowest BCUT2D eigenvalue weighted by Crippen LogP contribution is -2.42. The van der Waals surface area contributed by atoms with Gasteiger partial charge in [0, 0.05) is 6.07 Å². The molecule has 1 amide bonds. The van der Waals surface area contributed by atoms with Crippen LogP contribution in [0.1, 0.15) is 23.0 Å². The van der Waals surface area contributed by atoms with E-state index in [1.807, 2.05) is 6.92 Å². The van der Waals surface area contributed by atoms with E-state index in [0.717, 1.165) is 0 Å². The van der Waals surface area contributed by atoms with Gasteiger partial charge in [0.25, 0.3) is 5.91 Å². The van der Waals surface area contributed by atoms with Crippen molar-refractivity contribution in [1.29, 1.82) is 0 Å². The second kappa shape index (κ2) is 5.21. The summed E-state index contributed by atoms with van der Waals surface area (Å²) in [4.78, 5) is 14.2. The zero-order chi connectivity index (χ0) is 15.0. The summed E-state index contributed by atoms with van der Waals surface area (Å²) in [6.07, 6.45) is 1.16. The molecule has 0 bridgehead atoms. The number of fused-ring (bicyclic) bond motifs is 1. The lowest BCUT2D eigenvalue weighted by Gasteiger charge is -2.33. The maximum absolute atomic E-state index is 13.3. The number of carbonyl (C=O) groups excluding carboxylic acids is 1. The molecule has 2 aromatic rings. The van der Waals surface area contributed by atoms with Crippen molar-refractivity contribution < 1.29 is 18.3 Å². The van der Waals surface area contributed by atoms with Gasteiger partial charge < -0.3 is 19.8 Å². The van der Waals surface area contributed by atoms with Crippen LogP contribution in [-0.2, 0) is 6.54 Å². The summed E-state index contributed by atoms with van der Waals surface area (Å²) in [5.74, 6) is 0.286. The third kappa shape index (κ3) is 2.50. The van der Waals surface area contributed by atoms with Gasteiger partial charge in [-0.15, -0.1) is 0 Å². The molecule has 110 valence electrons. The molecule has 2 N–H and O–H groups in total. The minimum absolute atomic E-state index is 0.218. The number of halogens is 1. The molecular weight excluding hydrogens is 275 g/mol. The number of ether oxygens (including phenoxy) is 1. The van der Waals surface area contributed by atoms with E-state index in [4.69, 9.17) is 14.9 Å². The Kier molecular flexibility index (Phi) is 3.39. The highest BCUT2D eigenvalue weighted by Gasteiger charge is 2.29. The molecule has 1 aliphatic heterocycles. The molecule has 1 atom stereocenters. The minimum Gasteiger partial charge on any atom is -0.487 e. The van der Waals surface area contributed by atoms with Crippen LogP contribution in [0.25, 0.3) is 0 Å². The van der Waals surface area contributed by atoms with Crippen molar-refractivity contribution in [1.82, 2.24) is 0 Å². The normalized spacial score (nSPS) is 17.3. The van der Waals surface area contributed by atoms with E-state index in [1.165, 1.54) is 18.4 Å². The Morgan fingerprint density at radius 2 is 2.29 bits per heavy atom. The molecule has 0 radical (unpaired) electrons. The lowest BCUT2D eigenvalue weighted by molar-refractivity contribution is 0.0960. The van der Waals surface area contributed by atoms with E-state index in [1.54, 1.807) is 17.0 Å². The Bertz CT molecular complexity index is 683. The van der Waals surface area contributed by atoms with Crippen LogP contribution in [0.4, 0.5) is 10.1 Å². The summed E-state index contributed by atoms with van der Waals surface area (Å²) in [5.41, 5.74) is 6.44. The van der Waals surface area contributed by atoms with Gasteiger partial charge in [0.2, 0.25) is 0 Å². The largest absolute Gasteiger partial charge is 0.487 e. The zero-order valence-electron chi connectivity index (χ0n) is 11.5. The fraction of sp³-hybridized carbons (Fsp3) is 0.267. The molecule has 1 aromatic heterocycles. The molecule has 1 aromatic carbocycles. The average molecular weight is 290 g/mol. The average Bonchev–Trinajstić information content (AvgIpc) is 2.94. The van der Waals surface area contributed by atoms with Crippen LogP contribution in [0, 0.1) is 5.82 Å². The molecule has 0 saturated heterocycles. The molecular formula is C15H15FN2O3. The topological polar surface area (TPSA) is 68.7 Å². The first-order valence-corrected chi connectivity index (χ1v) is 6.64. The number of benzene rings is 1. The summed E-state index contributed by atoms with van der Waals surface area (Å²) >= 11 is 0. The molecule has 5 nitrogen and oxygen atoms in total. The third-order valence-electron chi connectivity index (χ3n) is 3.33. The van der Waals surface area contributed by atoms with Crippen LogP contribution < -0.4 is 15.4 Å². The van der Waals surface area contributed by atoms with Crippen molar-refractivity contribution in [3.63, 3.8) is 0 Å². The van der Waals surface area contributed by atoms with Gasteiger partial charge in [0.05, 0.1) is 24.3 Å². The van der Waals surface area contributed by atoms with E-state index >= 15 is 0 Å². The maximum atomic E-state index is 13.3. The Morgan fingerprint density at radius 1 is 1.48 bits per heavy atom. The number of amides is 1. The van der Waals surface area contributed by atoms with Crippen LogP contribution in [0.5, 0.6) is 5.75 Å². The monoisotopic (exact) mass is 290 g/mol. The number of nitrogens with zero attached hydrogens (tertiary/aromatic N) is 1. The molecule has 1 aliphatic rings. The Hall–Kier alpha value is -2.34. The standard InChI is InChI=1S/C15H15FN2O3/c1-9-7-18(13-3-2-11(16)5-14(13)21-9)15(19)10-4-12(6-17)20-8-10/h2-5,8-9H,6-7,17H2,1H3. The van der Waals surface area contributed by atoms with Gasteiger partial charge in [-0.05, 0) is 25.1 Å². The van der Waals surface area contributed by atoms with Crippen molar-refractivity contribution in [2.24, 2.45) is 5.73 Å². The molecule has 1 unspecified atom stereocenters. The highest BCUT2D eigenvalue weighted by molar-refractivity contribution is 6.07. The van der Waals surface area contributed by atoms with Gasteiger partial charge in [-0.2, -0.15) is 0 Å². The van der Waals surface area contributed by atoms with Crippen molar-refractivity contribution in [3.05, 3.63) is 47.7 Å². The highest BCUT2D eigenvalue weighted by atomic mass is 19.1. The Balaban J connectivity index is 1.97. The smallest absolute Gasteiger partial charge is 0.261 e. The summed E-state index contributed by atoms with van der Waals surface area (Å²) in [5, 5.41) is 0. The van der Waals surface area contributed by atoms with Gasteiger partial charge in [-0.25, -0.2) is 4.39 Å². The summed E-state index contributed by atoms with van der Waals surface area (Å²) in [6, 6.07) is 5.75. The van der Waals surface area contributed by atoms with Gasteiger partial charge in [0.1, 0.15) is 29.7 Å². The highest BCUT2D eigenvalue weighted by Crippen LogP contribution is 2.35. The van der Waals surface area contributed by atoms with Crippen molar-refractivity contribution in [3.8, 4) is 5.75 Å². The van der Waals surface area contributed by atoms with Gasteiger partial charge in [0.15, 0.2) is 0 Å². The van der Waals surface area contributed by atoms with Crippen LogP contribution in [0.15, 0.2) is 34.9 Å². The number of carbonyl (C=O) groups is 1. The van der Waals surface area contributed by atoms with Crippen molar-refractivity contribution in [2.75, 3.05) is 11.4 Å². The van der Waals surface area contributed by atoms with E-state index in [2.05, 4.69) is 0 Å². The molecule has 0 aliphatic carbocycles. The lowest BCUT2D eigenvalue weighted by atomic mass is 10.1. The number of rotatable bonds is 2. The fourth-order valence-electron chi connectivity index (χ4n) is 2.36. The molecule has 6 heteroatoms. The SMILES string of the molecule is CC1CN(C(=O)c2coc(CN)c2)c2ccc(F)cc2O1. The second-order valence-corrected chi connectivity index (χ2v) is 4.96. The predicted molar refractivity (Wildman–Crippen MR) is 74.8 cm³/mol. The first kappa shape index (κ1) is 13.6. The molecule has 3 rings (SSSR count). The summed E-state index contributed by atoms with van der Waals surface area (Å²) in [6.45, 7) is 2.45. The van der Waals surface area contributed by atoms with Crippen LogP contribution in [0.3, 0.4) is 0 Å².